The molecule has 134 valence electrons. The van der Waals surface area contributed by atoms with E-state index in [0.29, 0.717) is 19.2 Å². The van der Waals surface area contributed by atoms with Gasteiger partial charge in [0, 0.05) is 23.6 Å². The van der Waals surface area contributed by atoms with Crippen LogP contribution in [0.5, 0.6) is 5.75 Å². The fourth-order valence-corrected chi connectivity index (χ4v) is 3.52. The summed E-state index contributed by atoms with van der Waals surface area (Å²) in [7, 11) is 0. The average Bonchev–Trinajstić information content (AvgIpc) is 3.45. The third-order valence-electron chi connectivity index (χ3n) is 4.79. The molecule has 2 aromatic carbocycles. The molecule has 2 atom stereocenters. The zero-order chi connectivity index (χ0) is 17.6. The second kappa shape index (κ2) is 8.84. The molecule has 1 saturated carbocycles. The van der Waals surface area contributed by atoms with Gasteiger partial charge in [-0.2, -0.15) is 0 Å². The quantitative estimate of drug-likeness (QED) is 0.669. The van der Waals surface area contributed by atoms with Crippen molar-refractivity contribution in [2.45, 2.75) is 38.5 Å². The third kappa shape index (κ3) is 5.84. The first kappa shape index (κ1) is 18.4. The van der Waals surface area contributed by atoms with Crippen LogP contribution in [0, 0.1) is 5.92 Å². The predicted octanol–water partition coefficient (Wildman–Crippen LogP) is 4.49. The monoisotopic (exact) mass is 403 g/mol. The fourth-order valence-electron chi connectivity index (χ4n) is 3.14. The Labute approximate surface area is 158 Å². The van der Waals surface area contributed by atoms with Gasteiger partial charge in [-0.25, -0.2) is 0 Å². The summed E-state index contributed by atoms with van der Waals surface area (Å²) >= 11 is 3.44. The summed E-state index contributed by atoms with van der Waals surface area (Å²) in [5.74, 6) is 1.54. The number of halogens is 1. The van der Waals surface area contributed by atoms with Crippen LogP contribution in [0.1, 0.15) is 25.3 Å². The van der Waals surface area contributed by atoms with E-state index in [1.165, 1.54) is 18.4 Å². The molecule has 3 rings (SSSR count). The Morgan fingerprint density at radius 1 is 1.16 bits per heavy atom. The number of rotatable bonds is 9. The first-order valence-corrected chi connectivity index (χ1v) is 9.75. The highest BCUT2D eigenvalue weighted by Crippen LogP contribution is 2.35. The van der Waals surface area contributed by atoms with Gasteiger partial charge in [-0.3, -0.25) is 4.90 Å². The third-order valence-corrected chi connectivity index (χ3v) is 5.29. The van der Waals surface area contributed by atoms with Gasteiger partial charge in [-0.15, -0.1) is 0 Å². The van der Waals surface area contributed by atoms with Gasteiger partial charge < -0.3 is 9.84 Å². The van der Waals surface area contributed by atoms with Crippen molar-refractivity contribution >= 4 is 15.9 Å². The minimum absolute atomic E-state index is 0.305. The Balaban J connectivity index is 1.56. The summed E-state index contributed by atoms with van der Waals surface area (Å²) in [6, 6.07) is 18.7. The van der Waals surface area contributed by atoms with Gasteiger partial charge in [0.25, 0.3) is 0 Å². The standard InChI is InChI=1S/C21H26BrNO2/c1-16(18-10-11-18)23(13-17-6-3-2-4-7-17)14-20(24)15-25-21-9-5-8-19(22)12-21/h2-9,12,16,18,20,24H,10-11,13-15H2,1H3. The highest BCUT2D eigenvalue weighted by molar-refractivity contribution is 9.10. The summed E-state index contributed by atoms with van der Waals surface area (Å²) in [6.45, 7) is 4.08. The number of ether oxygens (including phenoxy) is 1. The van der Waals surface area contributed by atoms with E-state index in [9.17, 15) is 5.11 Å². The molecule has 0 amide bonds. The number of hydrogen-bond donors (Lipinski definition) is 1. The highest BCUT2D eigenvalue weighted by atomic mass is 79.9. The van der Waals surface area contributed by atoms with Crippen molar-refractivity contribution < 1.29 is 9.84 Å². The summed E-state index contributed by atoms with van der Waals surface area (Å²) < 4.78 is 6.73. The van der Waals surface area contributed by atoms with Crippen molar-refractivity contribution in [1.82, 2.24) is 4.90 Å². The zero-order valence-electron chi connectivity index (χ0n) is 14.6. The Morgan fingerprint density at radius 3 is 2.60 bits per heavy atom. The Morgan fingerprint density at radius 2 is 1.92 bits per heavy atom. The largest absolute Gasteiger partial charge is 0.491 e. The van der Waals surface area contributed by atoms with E-state index < -0.39 is 6.10 Å². The van der Waals surface area contributed by atoms with Crippen LogP contribution in [-0.4, -0.2) is 35.3 Å². The van der Waals surface area contributed by atoms with Crippen LogP contribution in [0.4, 0.5) is 0 Å². The van der Waals surface area contributed by atoms with E-state index in [0.717, 1.165) is 22.7 Å². The molecule has 1 fully saturated rings. The predicted molar refractivity (Wildman–Crippen MR) is 105 cm³/mol. The van der Waals surface area contributed by atoms with Crippen molar-refractivity contribution in [3.05, 3.63) is 64.6 Å². The lowest BCUT2D eigenvalue weighted by Gasteiger charge is -2.31. The molecule has 1 aliphatic carbocycles. The molecule has 2 aromatic rings. The molecule has 0 radical (unpaired) electrons. The lowest BCUT2D eigenvalue weighted by molar-refractivity contribution is 0.0472. The van der Waals surface area contributed by atoms with Gasteiger partial charge in [0.1, 0.15) is 18.5 Å². The van der Waals surface area contributed by atoms with Gasteiger partial charge in [-0.05, 0) is 49.4 Å². The Hall–Kier alpha value is -1.36. The zero-order valence-corrected chi connectivity index (χ0v) is 16.2. The molecule has 0 spiro atoms. The maximum Gasteiger partial charge on any atom is 0.120 e. The molecule has 0 aliphatic heterocycles. The normalized spacial score (nSPS) is 16.6. The lowest BCUT2D eigenvalue weighted by Crippen LogP contribution is -2.41. The topological polar surface area (TPSA) is 32.7 Å². The van der Waals surface area contributed by atoms with Gasteiger partial charge in [0.15, 0.2) is 0 Å². The molecular formula is C21H26BrNO2. The number of aliphatic hydroxyl groups is 1. The summed E-state index contributed by atoms with van der Waals surface area (Å²) in [5.41, 5.74) is 1.29. The average molecular weight is 404 g/mol. The van der Waals surface area contributed by atoms with Crippen LogP contribution in [0.15, 0.2) is 59.1 Å². The number of benzene rings is 2. The molecule has 1 aliphatic rings. The van der Waals surface area contributed by atoms with Gasteiger partial charge >= 0.3 is 0 Å². The molecule has 25 heavy (non-hydrogen) atoms. The van der Waals surface area contributed by atoms with Crippen LogP contribution in [0.2, 0.25) is 0 Å². The van der Waals surface area contributed by atoms with Gasteiger partial charge in [0.05, 0.1) is 0 Å². The van der Waals surface area contributed by atoms with Crippen molar-refractivity contribution in [2.24, 2.45) is 5.92 Å². The maximum atomic E-state index is 10.5. The Kier molecular flexibility index (Phi) is 6.51. The first-order chi connectivity index (χ1) is 12.1. The SMILES string of the molecule is CC(C1CC1)N(Cc1ccccc1)CC(O)COc1cccc(Br)c1. The molecule has 0 aromatic heterocycles. The second-order valence-electron chi connectivity index (χ2n) is 6.92. The number of nitrogens with zero attached hydrogens (tertiary/aromatic N) is 1. The number of hydrogen-bond acceptors (Lipinski definition) is 3. The van der Waals surface area contributed by atoms with Crippen molar-refractivity contribution in [3.63, 3.8) is 0 Å². The minimum atomic E-state index is -0.510. The first-order valence-electron chi connectivity index (χ1n) is 8.96. The van der Waals surface area contributed by atoms with E-state index in [2.05, 4.69) is 52.0 Å². The molecule has 0 heterocycles. The molecule has 2 unspecified atom stereocenters. The van der Waals surface area contributed by atoms with Gasteiger partial charge in [-0.1, -0.05) is 52.3 Å². The van der Waals surface area contributed by atoms with Gasteiger partial charge in [0.2, 0.25) is 0 Å². The van der Waals surface area contributed by atoms with Crippen LogP contribution >= 0.6 is 15.9 Å². The molecule has 0 bridgehead atoms. The molecular weight excluding hydrogens is 378 g/mol. The van der Waals surface area contributed by atoms with E-state index in [1.54, 1.807) is 0 Å². The molecule has 0 saturated heterocycles. The number of aliphatic hydroxyl groups excluding tert-OH is 1. The van der Waals surface area contributed by atoms with E-state index in [-0.39, 0.29) is 0 Å². The fraction of sp³-hybridized carbons (Fsp3) is 0.429. The lowest BCUT2D eigenvalue weighted by atomic mass is 10.1. The Bertz CT molecular complexity index is 660. The van der Waals surface area contributed by atoms with Crippen molar-refractivity contribution in [3.8, 4) is 5.75 Å². The molecule has 1 N–H and O–H groups in total. The molecule has 3 nitrogen and oxygen atoms in total. The highest BCUT2D eigenvalue weighted by Gasteiger charge is 2.32. The minimum Gasteiger partial charge on any atom is -0.491 e. The smallest absolute Gasteiger partial charge is 0.120 e. The second-order valence-corrected chi connectivity index (χ2v) is 7.83. The summed E-state index contributed by atoms with van der Waals surface area (Å²) in [5, 5.41) is 10.5. The van der Waals surface area contributed by atoms with Crippen molar-refractivity contribution in [1.29, 1.82) is 0 Å². The summed E-state index contributed by atoms with van der Waals surface area (Å²) in [6.07, 6.45) is 2.10. The van der Waals surface area contributed by atoms with E-state index in [1.807, 2.05) is 30.3 Å². The van der Waals surface area contributed by atoms with Crippen LogP contribution in [-0.2, 0) is 6.54 Å². The van der Waals surface area contributed by atoms with Crippen molar-refractivity contribution in [2.75, 3.05) is 13.2 Å². The van der Waals surface area contributed by atoms with Crippen LogP contribution in [0.25, 0.3) is 0 Å². The van der Waals surface area contributed by atoms with Crippen LogP contribution < -0.4 is 4.74 Å². The summed E-state index contributed by atoms with van der Waals surface area (Å²) in [4.78, 5) is 2.39. The van der Waals surface area contributed by atoms with E-state index in [4.69, 9.17) is 4.74 Å². The van der Waals surface area contributed by atoms with Crippen LogP contribution in [0.3, 0.4) is 0 Å². The maximum absolute atomic E-state index is 10.5. The van der Waals surface area contributed by atoms with E-state index >= 15 is 0 Å². The molecule has 4 heteroatoms.